The van der Waals surface area contributed by atoms with Crippen molar-refractivity contribution in [2.24, 2.45) is 0 Å². The second kappa shape index (κ2) is 7.23. The first-order valence-electron chi connectivity index (χ1n) is 6.29. The molecule has 0 aliphatic rings. The van der Waals surface area contributed by atoms with Crippen LogP contribution in [0.4, 0.5) is 13.2 Å². The molecular formula is C15H10BrF3N2OS. The van der Waals surface area contributed by atoms with Crippen LogP contribution in [-0.4, -0.2) is 16.3 Å². The highest BCUT2D eigenvalue weighted by atomic mass is 79.9. The molecule has 0 atom stereocenters. The van der Waals surface area contributed by atoms with Crippen molar-refractivity contribution in [1.29, 1.82) is 0 Å². The van der Waals surface area contributed by atoms with E-state index in [4.69, 9.17) is 0 Å². The van der Waals surface area contributed by atoms with Crippen molar-refractivity contribution in [3.8, 4) is 28.2 Å². The number of rotatable bonds is 3. The van der Waals surface area contributed by atoms with Crippen molar-refractivity contribution >= 4 is 27.7 Å². The van der Waals surface area contributed by atoms with Crippen LogP contribution in [0.3, 0.4) is 0 Å². The third-order valence-electron chi connectivity index (χ3n) is 2.68. The van der Waals surface area contributed by atoms with Crippen molar-refractivity contribution in [3.63, 3.8) is 0 Å². The molecule has 1 aromatic heterocycles. The standard InChI is InChI=1S/C15H10BrF3N2OS/c1-3-8-23-13-9(2)12(20-14(16)21-13)10-4-6-11(7-5-10)22-15(17,18)19/h4-7H,1-2H3. The van der Waals surface area contributed by atoms with Crippen LogP contribution in [-0.2, 0) is 0 Å². The summed E-state index contributed by atoms with van der Waals surface area (Å²) in [5, 5.41) is 3.54. The van der Waals surface area contributed by atoms with Gasteiger partial charge in [0, 0.05) is 11.1 Å². The van der Waals surface area contributed by atoms with E-state index in [-0.39, 0.29) is 5.75 Å². The van der Waals surface area contributed by atoms with Gasteiger partial charge < -0.3 is 4.74 Å². The molecule has 0 spiro atoms. The predicted molar refractivity (Wildman–Crippen MR) is 85.9 cm³/mol. The van der Waals surface area contributed by atoms with Gasteiger partial charge in [0.05, 0.1) is 5.69 Å². The molecule has 0 aliphatic heterocycles. The minimum absolute atomic E-state index is 0.279. The van der Waals surface area contributed by atoms with Gasteiger partial charge in [0.25, 0.3) is 0 Å². The van der Waals surface area contributed by atoms with Gasteiger partial charge in [-0.1, -0.05) is 5.92 Å². The molecular weight excluding hydrogens is 393 g/mol. The van der Waals surface area contributed by atoms with Crippen LogP contribution in [0.15, 0.2) is 34.0 Å². The molecule has 0 radical (unpaired) electrons. The fourth-order valence-electron chi connectivity index (χ4n) is 1.76. The van der Waals surface area contributed by atoms with Crippen molar-refractivity contribution < 1.29 is 17.9 Å². The van der Waals surface area contributed by atoms with Crippen LogP contribution in [0.1, 0.15) is 12.5 Å². The van der Waals surface area contributed by atoms with Gasteiger partial charge in [-0.3, -0.25) is 0 Å². The maximum absolute atomic E-state index is 12.2. The Balaban J connectivity index is 2.37. The smallest absolute Gasteiger partial charge is 0.406 e. The normalized spacial score (nSPS) is 10.9. The Bertz CT molecular complexity index is 767. The van der Waals surface area contributed by atoms with Crippen molar-refractivity contribution in [3.05, 3.63) is 34.6 Å². The average molecular weight is 403 g/mol. The second-order valence-electron chi connectivity index (χ2n) is 4.30. The van der Waals surface area contributed by atoms with E-state index in [2.05, 4.69) is 41.8 Å². The predicted octanol–water partition coefficient (Wildman–Crippen LogP) is 5.19. The van der Waals surface area contributed by atoms with E-state index in [1.165, 1.54) is 36.0 Å². The number of hydrogen-bond acceptors (Lipinski definition) is 4. The van der Waals surface area contributed by atoms with Gasteiger partial charge in [-0.25, -0.2) is 9.97 Å². The molecule has 8 heteroatoms. The Labute approximate surface area is 143 Å². The van der Waals surface area contributed by atoms with E-state index in [0.717, 1.165) is 5.56 Å². The van der Waals surface area contributed by atoms with Gasteiger partial charge in [0.2, 0.25) is 0 Å². The lowest BCUT2D eigenvalue weighted by molar-refractivity contribution is -0.274. The summed E-state index contributed by atoms with van der Waals surface area (Å²) in [7, 11) is 0. The summed E-state index contributed by atoms with van der Waals surface area (Å²) in [6.45, 7) is 3.56. The number of thioether (sulfide) groups is 1. The number of aromatic nitrogens is 2. The Morgan fingerprint density at radius 1 is 1.17 bits per heavy atom. The van der Waals surface area contributed by atoms with Gasteiger partial charge in [-0.2, -0.15) is 0 Å². The van der Waals surface area contributed by atoms with Crippen molar-refractivity contribution in [1.82, 2.24) is 9.97 Å². The lowest BCUT2D eigenvalue weighted by atomic mass is 10.1. The molecule has 0 fully saturated rings. The lowest BCUT2D eigenvalue weighted by Gasteiger charge is -2.11. The van der Waals surface area contributed by atoms with Gasteiger partial charge >= 0.3 is 6.36 Å². The Morgan fingerprint density at radius 3 is 2.39 bits per heavy atom. The highest BCUT2D eigenvalue weighted by molar-refractivity contribution is 9.10. The molecule has 1 heterocycles. The van der Waals surface area contributed by atoms with Crippen LogP contribution in [0.5, 0.6) is 5.75 Å². The van der Waals surface area contributed by atoms with Gasteiger partial charge in [0.1, 0.15) is 10.8 Å². The number of ether oxygens (including phenoxy) is 1. The zero-order valence-corrected chi connectivity index (χ0v) is 14.4. The van der Waals surface area contributed by atoms with E-state index in [1.807, 2.05) is 6.92 Å². The van der Waals surface area contributed by atoms with Crippen LogP contribution >= 0.6 is 27.7 Å². The van der Waals surface area contributed by atoms with Crippen molar-refractivity contribution in [2.75, 3.05) is 0 Å². The first-order chi connectivity index (χ1) is 10.8. The molecule has 120 valence electrons. The van der Waals surface area contributed by atoms with Crippen LogP contribution in [0.25, 0.3) is 11.3 Å². The molecule has 23 heavy (non-hydrogen) atoms. The molecule has 0 N–H and O–H groups in total. The monoisotopic (exact) mass is 402 g/mol. The summed E-state index contributed by atoms with van der Waals surface area (Å²) in [5.41, 5.74) is 2.07. The summed E-state index contributed by atoms with van der Waals surface area (Å²) in [4.78, 5) is 8.55. The third kappa shape index (κ3) is 4.88. The molecule has 0 aliphatic carbocycles. The van der Waals surface area contributed by atoms with Crippen LogP contribution in [0.2, 0.25) is 0 Å². The molecule has 0 bridgehead atoms. The molecule has 2 rings (SSSR count). The molecule has 2 aromatic rings. The molecule has 3 nitrogen and oxygen atoms in total. The molecule has 0 saturated carbocycles. The largest absolute Gasteiger partial charge is 0.573 e. The fraction of sp³-hybridized carbons (Fsp3) is 0.200. The average Bonchev–Trinajstić information content (AvgIpc) is 2.47. The zero-order valence-electron chi connectivity index (χ0n) is 12.0. The maximum Gasteiger partial charge on any atom is 0.573 e. The Kier molecular flexibility index (Phi) is 5.55. The molecule has 1 aromatic carbocycles. The van der Waals surface area contributed by atoms with E-state index in [9.17, 15) is 13.2 Å². The van der Waals surface area contributed by atoms with Gasteiger partial charge in [0.15, 0.2) is 4.73 Å². The number of benzene rings is 1. The van der Waals surface area contributed by atoms with E-state index >= 15 is 0 Å². The molecule has 0 amide bonds. The topological polar surface area (TPSA) is 35.0 Å². The Hall–Kier alpha value is -1.72. The summed E-state index contributed by atoms with van der Waals surface area (Å²) in [6.07, 6.45) is -4.71. The molecule has 0 saturated heterocycles. The summed E-state index contributed by atoms with van der Waals surface area (Å²) in [6, 6.07) is 5.53. The quantitative estimate of drug-likeness (QED) is 0.306. The van der Waals surface area contributed by atoms with Gasteiger partial charge in [-0.15, -0.1) is 13.2 Å². The van der Waals surface area contributed by atoms with E-state index < -0.39 is 6.36 Å². The third-order valence-corrected chi connectivity index (χ3v) is 3.94. The number of nitrogens with zero attached hydrogens (tertiary/aromatic N) is 2. The first kappa shape index (κ1) is 17.6. The Morgan fingerprint density at radius 2 is 1.83 bits per heavy atom. The fourth-order valence-corrected chi connectivity index (χ4v) is 2.82. The van der Waals surface area contributed by atoms with Crippen LogP contribution < -0.4 is 4.74 Å². The maximum atomic E-state index is 12.2. The summed E-state index contributed by atoms with van der Waals surface area (Å²) in [5.74, 6) is 2.49. The molecule has 0 unspecified atom stereocenters. The second-order valence-corrected chi connectivity index (χ2v) is 5.80. The number of halogens is 4. The van der Waals surface area contributed by atoms with Crippen molar-refractivity contribution in [2.45, 2.75) is 25.2 Å². The highest BCUT2D eigenvalue weighted by Crippen LogP contribution is 2.31. The first-order valence-corrected chi connectivity index (χ1v) is 7.90. The van der Waals surface area contributed by atoms with E-state index in [0.29, 0.717) is 21.0 Å². The summed E-state index contributed by atoms with van der Waals surface area (Å²) < 4.78 is 40.8. The minimum Gasteiger partial charge on any atom is -0.406 e. The van der Waals surface area contributed by atoms with E-state index in [1.54, 1.807) is 6.92 Å². The number of alkyl halides is 3. The number of hydrogen-bond donors (Lipinski definition) is 0. The minimum atomic E-state index is -4.71. The lowest BCUT2D eigenvalue weighted by Crippen LogP contribution is -2.16. The van der Waals surface area contributed by atoms with Crippen LogP contribution in [0, 0.1) is 18.1 Å². The highest BCUT2D eigenvalue weighted by Gasteiger charge is 2.31. The zero-order chi connectivity index (χ0) is 17.0. The van der Waals surface area contributed by atoms with Gasteiger partial charge in [-0.05, 0) is 71.1 Å². The summed E-state index contributed by atoms with van der Waals surface area (Å²) >= 11 is 4.50. The SMILES string of the molecule is CC#CSc1nc(Br)nc(-c2ccc(OC(F)(F)F)cc2)c1C.